The first-order valence-corrected chi connectivity index (χ1v) is 12.3. The van der Waals surface area contributed by atoms with E-state index >= 15 is 0 Å². The molecule has 2 aromatic rings. The van der Waals surface area contributed by atoms with Gasteiger partial charge in [0.15, 0.2) is 5.54 Å². The zero-order valence-corrected chi connectivity index (χ0v) is 21.1. The van der Waals surface area contributed by atoms with E-state index in [4.69, 9.17) is 4.74 Å². The topological polar surface area (TPSA) is 75.5 Å². The second kappa shape index (κ2) is 10.6. The summed E-state index contributed by atoms with van der Waals surface area (Å²) in [6.45, 7) is 9.25. The molecule has 34 heavy (non-hydrogen) atoms. The lowest BCUT2D eigenvalue weighted by Crippen LogP contribution is -2.53. The maximum atomic E-state index is 12.8. The number of hydrogen-bond donors (Lipinski definition) is 0. The van der Waals surface area contributed by atoms with Gasteiger partial charge in [0.1, 0.15) is 11.3 Å². The maximum Gasteiger partial charge on any atom is 0.343 e. The highest BCUT2D eigenvalue weighted by Gasteiger charge is 2.59. The Labute approximate surface area is 203 Å². The van der Waals surface area contributed by atoms with E-state index in [1.54, 1.807) is 64.1 Å². The minimum atomic E-state index is -0.879. The number of carbonyl (C=O) groups is 1. The van der Waals surface area contributed by atoms with Crippen LogP contribution in [-0.2, 0) is 11.6 Å². The molecule has 3 rings (SSSR count). The molecule has 0 amide bonds. The lowest BCUT2D eigenvalue weighted by molar-refractivity contribution is -0.539. The molecule has 0 unspecified atom stereocenters. The van der Waals surface area contributed by atoms with E-state index in [-0.39, 0.29) is 5.84 Å². The third-order valence-corrected chi connectivity index (χ3v) is 7.23. The fraction of sp³-hybridized carbons (Fsp3) is 0.500. The Hall–Kier alpha value is -2.86. The van der Waals surface area contributed by atoms with Gasteiger partial charge in [0.2, 0.25) is 0 Å². The molecule has 0 atom stereocenters. The van der Waals surface area contributed by atoms with Crippen LogP contribution in [0.2, 0.25) is 0 Å². The van der Waals surface area contributed by atoms with E-state index in [1.807, 2.05) is 12.1 Å². The fourth-order valence-corrected chi connectivity index (χ4v) is 4.10. The highest BCUT2D eigenvalue weighted by atomic mass is 16.5. The molecule has 6 nitrogen and oxygen atoms in total. The van der Waals surface area contributed by atoms with Crippen molar-refractivity contribution in [3.05, 3.63) is 70.4 Å². The first kappa shape index (κ1) is 25.8. The van der Waals surface area contributed by atoms with Gasteiger partial charge in [-0.1, -0.05) is 56.2 Å². The van der Waals surface area contributed by atoms with Gasteiger partial charge >= 0.3 is 11.8 Å². The average Bonchev–Trinajstić information content (AvgIpc) is 2.93. The number of nitrogens with zero attached hydrogens (tertiary/aromatic N) is 2. The Morgan fingerprint density at radius 3 is 2.06 bits per heavy atom. The van der Waals surface area contributed by atoms with Crippen molar-refractivity contribution in [2.45, 2.75) is 90.6 Å². The van der Waals surface area contributed by atoms with Crippen molar-refractivity contribution in [3.8, 4) is 5.75 Å². The summed E-state index contributed by atoms with van der Waals surface area (Å²) in [5.41, 5.74) is 0.441. The van der Waals surface area contributed by atoms with Crippen molar-refractivity contribution in [2.75, 3.05) is 0 Å². The van der Waals surface area contributed by atoms with Gasteiger partial charge < -0.3 is 9.94 Å². The number of unbranched alkanes of at least 4 members (excludes halogenated alkanes) is 5. The van der Waals surface area contributed by atoms with Gasteiger partial charge in [0.05, 0.1) is 11.1 Å². The van der Waals surface area contributed by atoms with Gasteiger partial charge in [-0.15, -0.1) is 0 Å². The summed E-state index contributed by atoms with van der Waals surface area (Å²) in [6, 6.07) is 14.0. The molecule has 1 radical (unpaired) electrons. The first-order valence-electron chi connectivity index (χ1n) is 12.3. The zero-order chi connectivity index (χ0) is 24.9. The van der Waals surface area contributed by atoms with E-state index in [2.05, 4.69) is 6.92 Å². The third kappa shape index (κ3) is 5.27. The van der Waals surface area contributed by atoms with Gasteiger partial charge in [-0.3, -0.25) is 4.74 Å². The van der Waals surface area contributed by atoms with Crippen LogP contribution < -0.4 is 4.74 Å². The predicted octanol–water partition coefficient (Wildman–Crippen LogP) is 6.28. The van der Waals surface area contributed by atoms with Crippen molar-refractivity contribution < 1.29 is 19.5 Å². The van der Waals surface area contributed by atoms with Crippen molar-refractivity contribution >= 4 is 11.8 Å². The average molecular weight is 466 g/mol. The smallest absolute Gasteiger partial charge is 0.343 e. The molecule has 1 aliphatic rings. The Morgan fingerprint density at radius 2 is 1.50 bits per heavy atom. The molecule has 0 aliphatic carbocycles. The SMILES string of the molecule is CCCCCCCCc1ccc(C(=O)Oc2ccc(C3=[N+]([O-])C(C)(C)C(C)(C)N3[O])cc2)cc1. The molecule has 0 spiro atoms. The fourth-order valence-electron chi connectivity index (χ4n) is 4.10. The van der Waals surface area contributed by atoms with Crippen molar-refractivity contribution in [2.24, 2.45) is 0 Å². The van der Waals surface area contributed by atoms with Crippen LogP contribution in [0.5, 0.6) is 5.75 Å². The summed E-state index contributed by atoms with van der Waals surface area (Å²) in [5.74, 6) is -0.0173. The number of carbonyl (C=O) groups excluding carboxylic acids is 1. The summed E-state index contributed by atoms with van der Waals surface area (Å²) in [5, 5.41) is 26.4. The Kier molecular flexibility index (Phi) is 8.03. The van der Waals surface area contributed by atoms with Crippen LogP contribution in [0.1, 0.15) is 94.6 Å². The summed E-state index contributed by atoms with van der Waals surface area (Å²) < 4.78 is 6.27. The van der Waals surface area contributed by atoms with Crippen molar-refractivity contribution in [1.29, 1.82) is 0 Å². The van der Waals surface area contributed by atoms with Gasteiger partial charge in [-0.25, -0.2) is 4.79 Å². The molecule has 0 N–H and O–H groups in total. The number of aryl methyl sites for hydroxylation is 1. The standard InChI is InChI=1S/C28H37N2O4/c1-6-7-8-9-10-11-12-21-13-15-23(16-14-21)26(31)34-24-19-17-22(18-20-24)25-29(32)27(2,3)28(4,5)30(25)33/h13-20H,6-12H2,1-5H3. The van der Waals surface area contributed by atoms with E-state index in [1.165, 1.54) is 37.7 Å². The molecule has 0 fully saturated rings. The molecule has 6 heteroatoms. The Balaban J connectivity index is 1.59. The maximum absolute atomic E-state index is 12.8. The number of ether oxygens (including phenoxy) is 1. The molecule has 0 aromatic heterocycles. The number of esters is 1. The van der Waals surface area contributed by atoms with Crippen LogP contribution in [0.3, 0.4) is 0 Å². The minimum absolute atomic E-state index is 0.0637. The monoisotopic (exact) mass is 465 g/mol. The van der Waals surface area contributed by atoms with Gasteiger partial charge in [0.25, 0.3) is 0 Å². The predicted molar refractivity (Wildman–Crippen MR) is 133 cm³/mol. The third-order valence-electron chi connectivity index (χ3n) is 7.23. The number of amidine groups is 1. The van der Waals surface area contributed by atoms with E-state index in [9.17, 15) is 15.2 Å². The highest BCUT2D eigenvalue weighted by molar-refractivity contribution is 5.96. The van der Waals surface area contributed by atoms with Crippen LogP contribution in [0, 0.1) is 5.21 Å². The summed E-state index contributed by atoms with van der Waals surface area (Å²) in [4.78, 5) is 12.6. The van der Waals surface area contributed by atoms with Crippen molar-refractivity contribution in [3.63, 3.8) is 0 Å². The minimum Gasteiger partial charge on any atom is -0.714 e. The molecular formula is C28H37N2O4. The summed E-state index contributed by atoms with van der Waals surface area (Å²) in [7, 11) is 0. The Bertz CT molecular complexity index is 1010. The van der Waals surface area contributed by atoms with E-state index in [0.29, 0.717) is 16.9 Å². The molecule has 183 valence electrons. The van der Waals surface area contributed by atoms with Crippen LogP contribution in [0.4, 0.5) is 0 Å². The number of hydrogen-bond acceptors (Lipinski definition) is 4. The van der Waals surface area contributed by atoms with Crippen LogP contribution in [-0.4, -0.2) is 32.7 Å². The quantitative estimate of drug-likeness (QED) is 0.136. The lowest BCUT2D eigenvalue weighted by Gasteiger charge is -2.32. The second-order valence-electron chi connectivity index (χ2n) is 10.2. The highest BCUT2D eigenvalue weighted by Crippen LogP contribution is 2.37. The largest absolute Gasteiger partial charge is 0.714 e. The summed E-state index contributed by atoms with van der Waals surface area (Å²) in [6.07, 6.45) is 8.58. The lowest BCUT2D eigenvalue weighted by atomic mass is 9.84. The van der Waals surface area contributed by atoms with Crippen LogP contribution >= 0.6 is 0 Å². The van der Waals surface area contributed by atoms with E-state index in [0.717, 1.165) is 22.6 Å². The summed E-state index contributed by atoms with van der Waals surface area (Å²) >= 11 is 0. The van der Waals surface area contributed by atoms with Crippen LogP contribution in [0.25, 0.3) is 0 Å². The number of benzene rings is 2. The first-order chi connectivity index (χ1) is 16.1. The molecular weight excluding hydrogens is 428 g/mol. The van der Waals surface area contributed by atoms with Crippen molar-refractivity contribution in [1.82, 2.24) is 5.06 Å². The van der Waals surface area contributed by atoms with Gasteiger partial charge in [0, 0.05) is 5.21 Å². The number of rotatable bonds is 10. The normalized spacial score (nSPS) is 16.7. The zero-order valence-electron chi connectivity index (χ0n) is 21.1. The van der Waals surface area contributed by atoms with Gasteiger partial charge in [-0.05, 0) is 82.5 Å². The number of hydroxylamine groups is 3. The van der Waals surface area contributed by atoms with E-state index < -0.39 is 17.0 Å². The molecule has 0 saturated carbocycles. The molecule has 1 aliphatic heterocycles. The molecule has 0 bridgehead atoms. The second-order valence-corrected chi connectivity index (χ2v) is 10.2. The Morgan fingerprint density at radius 1 is 0.912 bits per heavy atom. The molecule has 1 heterocycles. The van der Waals surface area contributed by atoms with Crippen LogP contribution in [0.15, 0.2) is 48.5 Å². The molecule has 2 aromatic carbocycles. The van der Waals surface area contributed by atoms with Gasteiger partial charge in [-0.2, -0.15) is 0 Å². The molecule has 0 saturated heterocycles.